The van der Waals surface area contributed by atoms with Gasteiger partial charge in [-0.1, -0.05) is 18.2 Å². The van der Waals surface area contributed by atoms with E-state index >= 15 is 0 Å². The summed E-state index contributed by atoms with van der Waals surface area (Å²) in [5, 5.41) is 16.7. The first-order valence-corrected chi connectivity index (χ1v) is 11.5. The Morgan fingerprint density at radius 2 is 1.79 bits per heavy atom. The average molecular weight is 481 g/mol. The van der Waals surface area contributed by atoms with E-state index in [1.807, 2.05) is 30.3 Å². The highest BCUT2D eigenvalue weighted by molar-refractivity contribution is 7.92. The van der Waals surface area contributed by atoms with Gasteiger partial charge in [0.2, 0.25) is 0 Å². The van der Waals surface area contributed by atoms with E-state index in [1.54, 1.807) is 19.1 Å². The van der Waals surface area contributed by atoms with E-state index in [2.05, 4.69) is 15.2 Å². The number of hydrogen-bond donors (Lipinski definition) is 2. The van der Waals surface area contributed by atoms with Crippen LogP contribution in [0.2, 0.25) is 0 Å². The zero-order chi connectivity index (χ0) is 24.3. The van der Waals surface area contributed by atoms with Crippen molar-refractivity contribution >= 4 is 43.8 Å². The van der Waals surface area contributed by atoms with Crippen LogP contribution in [0.25, 0.3) is 11.0 Å². The second kappa shape index (κ2) is 9.24. The number of nitrogens with zero attached hydrogens (tertiary/aromatic N) is 2. The summed E-state index contributed by atoms with van der Waals surface area (Å²) < 4.78 is 38.7. The number of methoxy groups -OCH3 is 1. The lowest BCUT2D eigenvalue weighted by atomic mass is 10.2. The third-order valence-corrected chi connectivity index (χ3v) is 6.32. The third-order valence-electron chi connectivity index (χ3n) is 4.94. The molecule has 0 bridgehead atoms. The van der Waals surface area contributed by atoms with E-state index in [0.717, 1.165) is 11.5 Å². The molecule has 10 nitrogen and oxygen atoms in total. The zero-order valence-corrected chi connectivity index (χ0v) is 19.0. The molecule has 174 valence electrons. The van der Waals surface area contributed by atoms with Crippen molar-refractivity contribution in [3.05, 3.63) is 88.7 Å². The molecule has 0 saturated carbocycles. The molecule has 0 spiro atoms. The van der Waals surface area contributed by atoms with Gasteiger partial charge >= 0.3 is 0 Å². The van der Waals surface area contributed by atoms with Crippen LogP contribution in [0.4, 0.5) is 17.1 Å². The molecule has 0 aliphatic heterocycles. The van der Waals surface area contributed by atoms with Gasteiger partial charge < -0.3 is 9.15 Å². The fourth-order valence-electron chi connectivity index (χ4n) is 3.16. The van der Waals surface area contributed by atoms with Crippen LogP contribution >= 0.6 is 0 Å². The first kappa shape index (κ1) is 22.8. The maximum absolute atomic E-state index is 12.8. The normalized spacial score (nSPS) is 11.9. The second-order valence-corrected chi connectivity index (χ2v) is 8.91. The number of benzene rings is 3. The number of hydrazone groups is 1. The molecule has 0 amide bonds. The Hall–Kier alpha value is -4.38. The highest BCUT2D eigenvalue weighted by atomic mass is 32.2. The molecular formula is C23H20N4O6S. The van der Waals surface area contributed by atoms with Crippen LogP contribution in [-0.2, 0) is 10.0 Å². The Morgan fingerprint density at radius 1 is 1.06 bits per heavy atom. The number of hydrogen-bond acceptors (Lipinski definition) is 8. The van der Waals surface area contributed by atoms with Gasteiger partial charge in [-0.05, 0) is 55.5 Å². The molecule has 1 aromatic heterocycles. The van der Waals surface area contributed by atoms with Crippen molar-refractivity contribution in [1.82, 2.24) is 0 Å². The molecule has 11 heteroatoms. The Kier molecular flexibility index (Phi) is 6.19. The lowest BCUT2D eigenvalue weighted by molar-refractivity contribution is -0.384. The fourth-order valence-corrected chi connectivity index (χ4v) is 4.23. The summed E-state index contributed by atoms with van der Waals surface area (Å²) in [5.41, 5.74) is 3.66. The highest BCUT2D eigenvalue weighted by Gasteiger charge is 2.22. The lowest BCUT2D eigenvalue weighted by Crippen LogP contribution is -2.13. The van der Waals surface area contributed by atoms with Gasteiger partial charge in [-0.25, -0.2) is 8.42 Å². The fraction of sp³-hybridized carbons (Fsp3) is 0.0870. The van der Waals surface area contributed by atoms with Crippen molar-refractivity contribution in [2.75, 3.05) is 17.3 Å². The summed E-state index contributed by atoms with van der Waals surface area (Å²) >= 11 is 0. The van der Waals surface area contributed by atoms with Crippen molar-refractivity contribution < 1.29 is 22.5 Å². The van der Waals surface area contributed by atoms with Crippen molar-refractivity contribution in [1.29, 1.82) is 0 Å². The van der Waals surface area contributed by atoms with Crippen LogP contribution in [0.3, 0.4) is 0 Å². The van der Waals surface area contributed by atoms with E-state index in [0.29, 0.717) is 22.8 Å². The van der Waals surface area contributed by atoms with Gasteiger partial charge in [-0.2, -0.15) is 5.10 Å². The standard InChI is InChI=1S/C23H20N4O6S/c1-15(23-13-16-5-3-4-6-22(16)33-23)24-25-20-12-11-19(14-21(20)27(28)29)34(30,31)26-17-7-9-18(32-2)10-8-17/h3-14,25-26H,1-2H3. The Bertz CT molecular complexity index is 1460. The molecule has 0 atom stereocenters. The van der Waals surface area contributed by atoms with Crippen molar-refractivity contribution in [3.63, 3.8) is 0 Å². The predicted octanol–water partition coefficient (Wildman–Crippen LogP) is 4.99. The first-order valence-electron chi connectivity index (χ1n) is 10.0. The van der Waals surface area contributed by atoms with E-state index in [9.17, 15) is 18.5 Å². The maximum Gasteiger partial charge on any atom is 0.295 e. The molecule has 0 saturated heterocycles. The first-order chi connectivity index (χ1) is 16.3. The number of nitrogens with one attached hydrogen (secondary N) is 2. The van der Waals surface area contributed by atoms with Crippen LogP contribution in [0.1, 0.15) is 12.7 Å². The Balaban J connectivity index is 1.58. The molecule has 4 aromatic rings. The summed E-state index contributed by atoms with van der Waals surface area (Å²) in [6.45, 7) is 1.69. The van der Waals surface area contributed by atoms with E-state index in [-0.39, 0.29) is 16.3 Å². The minimum Gasteiger partial charge on any atom is -0.497 e. The molecule has 34 heavy (non-hydrogen) atoms. The summed E-state index contributed by atoms with van der Waals surface area (Å²) in [5.74, 6) is 1.06. The number of para-hydroxylation sites is 1. The zero-order valence-electron chi connectivity index (χ0n) is 18.2. The summed E-state index contributed by atoms with van der Waals surface area (Å²) in [6.07, 6.45) is 0. The molecule has 0 aliphatic rings. The summed E-state index contributed by atoms with van der Waals surface area (Å²) in [7, 11) is -2.57. The number of anilines is 2. The monoisotopic (exact) mass is 480 g/mol. The van der Waals surface area contributed by atoms with Gasteiger partial charge in [-0.3, -0.25) is 20.3 Å². The summed E-state index contributed by atoms with van der Waals surface area (Å²) in [4.78, 5) is 10.7. The van der Waals surface area contributed by atoms with Crippen molar-refractivity contribution in [2.45, 2.75) is 11.8 Å². The second-order valence-electron chi connectivity index (χ2n) is 7.23. The van der Waals surface area contributed by atoms with Crippen molar-refractivity contribution in [3.8, 4) is 5.75 Å². The number of ether oxygens (including phenoxy) is 1. The smallest absolute Gasteiger partial charge is 0.295 e. The van der Waals surface area contributed by atoms with Gasteiger partial charge in [0, 0.05) is 17.1 Å². The van der Waals surface area contributed by atoms with Gasteiger partial charge in [0.1, 0.15) is 22.7 Å². The molecule has 0 fully saturated rings. The molecule has 1 heterocycles. The number of nitro benzene ring substituents is 1. The van der Waals surface area contributed by atoms with Gasteiger partial charge in [0.05, 0.1) is 16.9 Å². The molecule has 4 rings (SSSR count). The topological polar surface area (TPSA) is 136 Å². The molecule has 0 aliphatic carbocycles. The Morgan fingerprint density at radius 3 is 2.47 bits per heavy atom. The molecular weight excluding hydrogens is 460 g/mol. The van der Waals surface area contributed by atoms with E-state index in [1.165, 1.54) is 31.4 Å². The predicted molar refractivity (Wildman–Crippen MR) is 129 cm³/mol. The molecule has 0 radical (unpaired) electrons. The van der Waals surface area contributed by atoms with Gasteiger partial charge in [0.15, 0.2) is 5.76 Å². The van der Waals surface area contributed by atoms with Gasteiger partial charge in [0.25, 0.3) is 15.7 Å². The highest BCUT2D eigenvalue weighted by Crippen LogP contribution is 2.29. The van der Waals surface area contributed by atoms with Crippen LogP contribution < -0.4 is 14.9 Å². The van der Waals surface area contributed by atoms with Crippen LogP contribution in [0.5, 0.6) is 5.75 Å². The molecule has 3 aromatic carbocycles. The number of fused-ring (bicyclic) bond motifs is 1. The number of rotatable bonds is 8. The SMILES string of the molecule is COc1ccc(NS(=O)(=O)c2ccc(NN=C(C)c3cc4ccccc4o3)c([N+](=O)[O-])c2)cc1. The maximum atomic E-state index is 12.8. The lowest BCUT2D eigenvalue weighted by Gasteiger charge is -2.10. The Labute approximate surface area is 195 Å². The minimum absolute atomic E-state index is 0.0314. The average Bonchev–Trinajstić information content (AvgIpc) is 3.27. The van der Waals surface area contributed by atoms with Crippen LogP contribution in [0, 0.1) is 10.1 Å². The van der Waals surface area contributed by atoms with E-state index in [4.69, 9.17) is 9.15 Å². The number of furan rings is 1. The van der Waals surface area contributed by atoms with Gasteiger partial charge in [-0.15, -0.1) is 0 Å². The third kappa shape index (κ3) is 4.84. The van der Waals surface area contributed by atoms with Crippen molar-refractivity contribution in [2.24, 2.45) is 5.10 Å². The number of nitro groups is 1. The largest absolute Gasteiger partial charge is 0.497 e. The number of sulfonamides is 1. The van der Waals surface area contributed by atoms with E-state index < -0.39 is 20.6 Å². The quantitative estimate of drug-likeness (QED) is 0.206. The van der Waals surface area contributed by atoms with Crippen LogP contribution in [-0.4, -0.2) is 26.2 Å². The summed E-state index contributed by atoms with van der Waals surface area (Å²) in [6, 6.07) is 19.0. The van der Waals surface area contributed by atoms with Crippen LogP contribution in [0.15, 0.2) is 87.2 Å². The molecule has 2 N–H and O–H groups in total. The molecule has 0 unspecified atom stereocenters. The minimum atomic E-state index is -4.07.